The van der Waals surface area contributed by atoms with Gasteiger partial charge in [-0.3, -0.25) is 9.59 Å². The Kier molecular flexibility index (Phi) is 3.32. The highest BCUT2D eigenvalue weighted by Gasteiger charge is 2.16. The molecule has 3 rings (SSSR count). The van der Waals surface area contributed by atoms with Crippen LogP contribution in [0.2, 0.25) is 0 Å². The number of aromatic amines is 1. The van der Waals surface area contributed by atoms with Gasteiger partial charge < -0.3 is 4.98 Å². The summed E-state index contributed by atoms with van der Waals surface area (Å²) >= 11 is 0. The molecule has 4 nitrogen and oxygen atoms in total. The van der Waals surface area contributed by atoms with E-state index in [9.17, 15) is 9.59 Å². The van der Waals surface area contributed by atoms with Crippen molar-refractivity contribution in [1.82, 2.24) is 4.98 Å². The zero-order chi connectivity index (χ0) is 15.7. The Morgan fingerprint density at radius 2 is 1.86 bits per heavy atom. The first-order valence-electron chi connectivity index (χ1n) is 6.77. The van der Waals surface area contributed by atoms with Gasteiger partial charge in [0.15, 0.2) is 5.78 Å². The van der Waals surface area contributed by atoms with Crippen molar-refractivity contribution in [3.63, 3.8) is 0 Å². The number of carbonyl (C=O) groups excluding carboxylic acids is 1. The highest BCUT2D eigenvalue weighted by molar-refractivity contribution is 6.10. The molecule has 0 radical (unpaired) electrons. The van der Waals surface area contributed by atoms with Crippen LogP contribution in [0.3, 0.4) is 0 Å². The summed E-state index contributed by atoms with van der Waals surface area (Å²) < 4.78 is 0. The van der Waals surface area contributed by atoms with Gasteiger partial charge in [-0.15, -0.1) is 0 Å². The van der Waals surface area contributed by atoms with Gasteiger partial charge in [-0.2, -0.15) is 5.26 Å². The van der Waals surface area contributed by atoms with Crippen molar-refractivity contribution in [2.45, 2.75) is 6.92 Å². The first-order valence-corrected chi connectivity index (χ1v) is 6.77. The minimum Gasteiger partial charge on any atom is -0.360 e. The molecule has 1 N–H and O–H groups in total. The van der Waals surface area contributed by atoms with Crippen molar-refractivity contribution >= 4 is 16.7 Å². The van der Waals surface area contributed by atoms with Gasteiger partial charge in [-0.1, -0.05) is 35.9 Å². The lowest BCUT2D eigenvalue weighted by Crippen LogP contribution is -2.17. The standard InChI is InChI=1S/C18H12N2O2/c1-11-5-7-12(8-6-11)17(21)14-10-20-15-4-2-3-13(9-19)16(15)18(14)22/h2-8,10H,1H3,(H,20,22). The Labute approximate surface area is 126 Å². The number of aromatic nitrogens is 1. The number of hydrogen-bond acceptors (Lipinski definition) is 3. The van der Waals surface area contributed by atoms with Gasteiger partial charge in [0.1, 0.15) is 0 Å². The normalized spacial score (nSPS) is 10.4. The van der Waals surface area contributed by atoms with Crippen molar-refractivity contribution in [3.05, 3.63) is 81.1 Å². The number of rotatable bonds is 2. The number of benzene rings is 2. The quantitative estimate of drug-likeness (QED) is 0.737. The van der Waals surface area contributed by atoms with E-state index in [0.717, 1.165) is 5.56 Å². The second kappa shape index (κ2) is 5.30. The van der Waals surface area contributed by atoms with E-state index in [1.54, 1.807) is 30.3 Å². The molecule has 0 bridgehead atoms. The van der Waals surface area contributed by atoms with Crippen LogP contribution in [-0.4, -0.2) is 10.8 Å². The van der Waals surface area contributed by atoms with Crippen molar-refractivity contribution in [2.75, 3.05) is 0 Å². The first-order chi connectivity index (χ1) is 10.6. The van der Waals surface area contributed by atoms with Crippen LogP contribution in [-0.2, 0) is 0 Å². The largest absolute Gasteiger partial charge is 0.360 e. The maximum absolute atomic E-state index is 12.6. The van der Waals surface area contributed by atoms with Crippen LogP contribution in [0.4, 0.5) is 0 Å². The van der Waals surface area contributed by atoms with Crippen LogP contribution >= 0.6 is 0 Å². The predicted molar refractivity (Wildman–Crippen MR) is 83.9 cm³/mol. The lowest BCUT2D eigenvalue weighted by Gasteiger charge is -2.04. The number of carbonyl (C=O) groups is 1. The van der Waals surface area contributed by atoms with E-state index in [2.05, 4.69) is 4.98 Å². The fraction of sp³-hybridized carbons (Fsp3) is 0.0556. The van der Waals surface area contributed by atoms with Crippen molar-refractivity contribution in [3.8, 4) is 6.07 Å². The molecule has 0 aliphatic rings. The zero-order valence-electron chi connectivity index (χ0n) is 11.9. The molecule has 0 unspecified atom stereocenters. The molecule has 106 valence electrons. The van der Waals surface area contributed by atoms with Crippen molar-refractivity contribution in [2.24, 2.45) is 0 Å². The third-order valence-corrected chi connectivity index (χ3v) is 3.59. The number of fused-ring (bicyclic) bond motifs is 1. The molecule has 22 heavy (non-hydrogen) atoms. The molecule has 0 aliphatic carbocycles. The summed E-state index contributed by atoms with van der Waals surface area (Å²) in [4.78, 5) is 28.0. The van der Waals surface area contributed by atoms with E-state index in [-0.39, 0.29) is 22.3 Å². The third kappa shape index (κ3) is 2.19. The number of nitriles is 1. The lowest BCUT2D eigenvalue weighted by atomic mass is 10.00. The van der Waals surface area contributed by atoms with Gasteiger partial charge in [0.05, 0.1) is 28.1 Å². The van der Waals surface area contributed by atoms with Crippen LogP contribution in [0.25, 0.3) is 10.9 Å². The van der Waals surface area contributed by atoms with Crippen LogP contribution in [0.5, 0.6) is 0 Å². The predicted octanol–water partition coefficient (Wildman–Crippen LogP) is 2.94. The fourth-order valence-corrected chi connectivity index (χ4v) is 2.39. The second-order valence-corrected chi connectivity index (χ2v) is 5.07. The van der Waals surface area contributed by atoms with E-state index in [0.29, 0.717) is 11.1 Å². The van der Waals surface area contributed by atoms with E-state index in [4.69, 9.17) is 5.26 Å². The number of hydrogen-bond donors (Lipinski definition) is 1. The van der Waals surface area contributed by atoms with Gasteiger partial charge in [-0.25, -0.2) is 0 Å². The second-order valence-electron chi connectivity index (χ2n) is 5.07. The Hall–Kier alpha value is -3.19. The van der Waals surface area contributed by atoms with E-state index in [1.807, 2.05) is 25.1 Å². The minimum atomic E-state index is -0.420. The molecule has 0 fully saturated rings. The SMILES string of the molecule is Cc1ccc(C(=O)c2c[nH]c3cccc(C#N)c3c2=O)cc1. The number of pyridine rings is 1. The summed E-state index contributed by atoms with van der Waals surface area (Å²) in [7, 11) is 0. The summed E-state index contributed by atoms with van der Waals surface area (Å²) in [5.41, 5.74) is 1.91. The summed E-state index contributed by atoms with van der Waals surface area (Å²) in [5.74, 6) is -0.351. The monoisotopic (exact) mass is 288 g/mol. The number of aryl methyl sites for hydroxylation is 1. The van der Waals surface area contributed by atoms with E-state index < -0.39 is 5.43 Å². The van der Waals surface area contributed by atoms with Gasteiger partial charge >= 0.3 is 0 Å². The molecule has 0 amide bonds. The molecule has 4 heteroatoms. The topological polar surface area (TPSA) is 73.7 Å². The van der Waals surface area contributed by atoms with Crippen LogP contribution < -0.4 is 5.43 Å². The lowest BCUT2D eigenvalue weighted by molar-refractivity contribution is 0.103. The molecular formula is C18H12N2O2. The van der Waals surface area contributed by atoms with Crippen molar-refractivity contribution in [1.29, 1.82) is 5.26 Å². The number of ketones is 1. The highest BCUT2D eigenvalue weighted by Crippen LogP contribution is 2.15. The molecule has 0 saturated carbocycles. The van der Waals surface area contributed by atoms with E-state index in [1.165, 1.54) is 6.20 Å². The molecule has 0 spiro atoms. The third-order valence-electron chi connectivity index (χ3n) is 3.59. The molecule has 0 saturated heterocycles. The van der Waals surface area contributed by atoms with Crippen LogP contribution in [0, 0.1) is 18.3 Å². The highest BCUT2D eigenvalue weighted by atomic mass is 16.1. The maximum Gasteiger partial charge on any atom is 0.201 e. The van der Waals surface area contributed by atoms with Crippen LogP contribution in [0.1, 0.15) is 27.0 Å². The summed E-state index contributed by atoms with van der Waals surface area (Å²) in [6, 6.07) is 14.0. The number of nitrogens with zero attached hydrogens (tertiary/aromatic N) is 1. The molecule has 0 atom stereocenters. The Balaban J connectivity index is 2.22. The molecule has 0 aliphatic heterocycles. The smallest absolute Gasteiger partial charge is 0.201 e. The molecule has 2 aromatic carbocycles. The summed E-state index contributed by atoms with van der Waals surface area (Å²) in [6.07, 6.45) is 1.41. The van der Waals surface area contributed by atoms with Gasteiger partial charge in [-0.05, 0) is 19.1 Å². The molecular weight excluding hydrogens is 276 g/mol. The van der Waals surface area contributed by atoms with E-state index >= 15 is 0 Å². The minimum absolute atomic E-state index is 0.0408. The van der Waals surface area contributed by atoms with Gasteiger partial charge in [0.2, 0.25) is 5.43 Å². The fourth-order valence-electron chi connectivity index (χ4n) is 2.39. The van der Waals surface area contributed by atoms with Gasteiger partial charge in [0.25, 0.3) is 0 Å². The molecule has 3 aromatic rings. The summed E-state index contributed by atoms with van der Waals surface area (Å²) in [6.45, 7) is 1.93. The first kappa shape index (κ1) is 13.8. The summed E-state index contributed by atoms with van der Waals surface area (Å²) in [5, 5.41) is 9.40. The average molecular weight is 288 g/mol. The number of nitrogens with one attached hydrogen (secondary N) is 1. The Morgan fingerprint density at radius 1 is 1.14 bits per heavy atom. The molecule has 1 heterocycles. The number of H-pyrrole nitrogens is 1. The Bertz CT molecular complexity index is 977. The molecule has 1 aromatic heterocycles. The van der Waals surface area contributed by atoms with Crippen LogP contribution in [0.15, 0.2) is 53.5 Å². The zero-order valence-corrected chi connectivity index (χ0v) is 11.9. The Morgan fingerprint density at radius 3 is 2.55 bits per heavy atom. The maximum atomic E-state index is 12.6. The average Bonchev–Trinajstić information content (AvgIpc) is 2.55. The van der Waals surface area contributed by atoms with Crippen molar-refractivity contribution < 1.29 is 4.79 Å². The van der Waals surface area contributed by atoms with Gasteiger partial charge in [0, 0.05) is 11.8 Å².